The molecule has 2 aromatic carbocycles. The molecule has 310 valence electrons. The van der Waals surface area contributed by atoms with Crippen LogP contribution in [0, 0.1) is 30.1 Å². The minimum absolute atomic E-state index is 0.0742. The monoisotopic (exact) mass is 825 g/mol. The van der Waals surface area contributed by atoms with E-state index in [1.165, 1.54) is 12.1 Å². The molecule has 3 saturated carbocycles. The van der Waals surface area contributed by atoms with Gasteiger partial charge in [0.05, 0.1) is 45.2 Å². The Bertz CT molecular complexity index is 2560. The Kier molecular flexibility index (Phi) is 9.86. The highest BCUT2D eigenvalue weighted by Gasteiger charge is 2.54. The number of nitrogens with one attached hydrogen (secondary N) is 1. The Labute approximate surface area is 353 Å². The zero-order valence-electron chi connectivity index (χ0n) is 34.3. The number of phenolic OH excluding ortho intramolecular Hbond substituents is 1. The molecule has 5 heterocycles. The second kappa shape index (κ2) is 15.3. The SMILES string of the molecule is Cc1ncsc1-c1ccc(CNC(=O)[C@@H]2C[C@@H](O)CC2C(=O)[C@@H](c2cc(N3CC4(CC(c5cc6nnc(-c7ccccc7O)cc6n5C5CCC5)C4)C3)no2)C(C)C)cc1. The van der Waals surface area contributed by atoms with Crippen molar-refractivity contribution >= 4 is 39.9 Å². The molecule has 3 N–H and O–H groups in total. The molecule has 10 rings (SSSR count). The largest absolute Gasteiger partial charge is 0.507 e. The van der Waals surface area contributed by atoms with Gasteiger partial charge in [-0.2, -0.15) is 0 Å². The zero-order valence-corrected chi connectivity index (χ0v) is 35.1. The van der Waals surface area contributed by atoms with Crippen LogP contribution in [-0.4, -0.2) is 66.0 Å². The van der Waals surface area contributed by atoms with Crippen molar-refractivity contribution in [2.45, 2.75) is 96.2 Å². The first-order chi connectivity index (χ1) is 29.0. The minimum atomic E-state index is -0.720. The molecule has 12 nitrogen and oxygen atoms in total. The summed E-state index contributed by atoms with van der Waals surface area (Å²) in [6.45, 7) is 8.08. The van der Waals surface area contributed by atoms with Crippen molar-refractivity contribution in [3.05, 3.63) is 95.0 Å². The van der Waals surface area contributed by atoms with Crippen LogP contribution in [0.2, 0.25) is 0 Å². The number of aromatic hydroxyl groups is 1. The van der Waals surface area contributed by atoms with E-state index in [1.807, 2.05) is 74.8 Å². The van der Waals surface area contributed by atoms with Crippen LogP contribution < -0.4 is 10.2 Å². The van der Waals surface area contributed by atoms with E-state index in [-0.39, 0.29) is 41.6 Å². The van der Waals surface area contributed by atoms with Crippen molar-refractivity contribution in [1.82, 2.24) is 30.2 Å². The molecule has 4 aromatic heterocycles. The summed E-state index contributed by atoms with van der Waals surface area (Å²) in [6.07, 6.45) is 5.49. The van der Waals surface area contributed by atoms with Crippen LogP contribution in [0.4, 0.5) is 5.82 Å². The van der Waals surface area contributed by atoms with E-state index in [2.05, 4.69) is 47.3 Å². The summed E-state index contributed by atoms with van der Waals surface area (Å²) in [4.78, 5) is 35.7. The lowest BCUT2D eigenvalue weighted by molar-refractivity contribution is -0.134. The van der Waals surface area contributed by atoms with Gasteiger partial charge in [0, 0.05) is 60.3 Å². The Morgan fingerprint density at radius 2 is 1.77 bits per heavy atom. The van der Waals surface area contributed by atoms with Gasteiger partial charge >= 0.3 is 0 Å². The third kappa shape index (κ3) is 6.89. The second-order valence-corrected chi connectivity index (χ2v) is 19.1. The molecule has 0 radical (unpaired) electrons. The van der Waals surface area contributed by atoms with Gasteiger partial charge in [0.15, 0.2) is 5.82 Å². The number of aliphatic hydroxyl groups is 1. The highest BCUT2D eigenvalue weighted by Crippen LogP contribution is 2.58. The maximum atomic E-state index is 14.3. The van der Waals surface area contributed by atoms with Crippen molar-refractivity contribution in [2.24, 2.45) is 23.2 Å². The molecule has 6 aromatic rings. The van der Waals surface area contributed by atoms with Gasteiger partial charge in [-0.05, 0) is 93.2 Å². The number of rotatable bonds is 12. The number of carbonyl (C=O) groups excluding carboxylic acids is 2. The number of aryl methyl sites for hydroxylation is 1. The molecule has 1 unspecified atom stereocenters. The van der Waals surface area contributed by atoms with Crippen LogP contribution in [0.25, 0.3) is 32.7 Å². The number of carbonyl (C=O) groups is 2. The third-order valence-corrected chi connectivity index (χ3v) is 14.8. The lowest BCUT2D eigenvalue weighted by Gasteiger charge is -2.59. The van der Waals surface area contributed by atoms with Gasteiger partial charge in [0.2, 0.25) is 5.91 Å². The molecule has 4 aliphatic rings. The van der Waals surface area contributed by atoms with E-state index in [9.17, 15) is 19.8 Å². The fraction of sp³-hybridized carbons (Fsp3) is 0.447. The van der Waals surface area contributed by atoms with E-state index in [0.29, 0.717) is 35.5 Å². The first-order valence-electron chi connectivity index (χ1n) is 21.4. The fourth-order valence-electron chi connectivity index (χ4n) is 10.5. The number of phenols is 1. The molecule has 4 fully saturated rings. The van der Waals surface area contributed by atoms with Gasteiger partial charge in [0.25, 0.3) is 0 Å². The van der Waals surface area contributed by atoms with E-state index in [0.717, 1.165) is 77.3 Å². The number of nitrogens with zero attached hydrogens (tertiary/aromatic N) is 6. The molecule has 60 heavy (non-hydrogen) atoms. The summed E-state index contributed by atoms with van der Waals surface area (Å²) >= 11 is 1.60. The number of aliphatic hydroxyl groups excluding tert-OH is 1. The molecule has 4 atom stereocenters. The average molecular weight is 826 g/mol. The van der Waals surface area contributed by atoms with E-state index in [1.54, 1.807) is 17.4 Å². The van der Waals surface area contributed by atoms with Gasteiger partial charge in [-0.15, -0.1) is 21.5 Å². The molecule has 1 amide bonds. The summed E-state index contributed by atoms with van der Waals surface area (Å²) < 4.78 is 8.45. The first-order valence-corrected chi connectivity index (χ1v) is 22.3. The number of ketones is 1. The summed E-state index contributed by atoms with van der Waals surface area (Å²) in [7, 11) is 0. The number of benzene rings is 2. The van der Waals surface area contributed by atoms with Crippen LogP contribution in [-0.2, 0) is 16.1 Å². The second-order valence-electron chi connectivity index (χ2n) is 18.2. The van der Waals surface area contributed by atoms with E-state index < -0.39 is 23.9 Å². The smallest absolute Gasteiger partial charge is 0.224 e. The number of amides is 1. The lowest BCUT2D eigenvalue weighted by Crippen LogP contribution is -2.62. The summed E-state index contributed by atoms with van der Waals surface area (Å²) in [5.74, 6) is -0.296. The zero-order chi connectivity index (χ0) is 41.3. The number of thiazole rings is 1. The summed E-state index contributed by atoms with van der Waals surface area (Å²) in [5, 5.41) is 37.9. The first kappa shape index (κ1) is 38.8. The number of hydrogen-bond donors (Lipinski definition) is 3. The van der Waals surface area contributed by atoms with E-state index in [4.69, 9.17) is 4.52 Å². The van der Waals surface area contributed by atoms with Gasteiger partial charge in [-0.1, -0.05) is 55.4 Å². The molecule has 1 spiro atoms. The van der Waals surface area contributed by atoms with Crippen LogP contribution in [0.3, 0.4) is 0 Å². The molecule has 3 aliphatic carbocycles. The number of aromatic nitrogens is 5. The normalized spacial score (nSPS) is 21.9. The Morgan fingerprint density at radius 3 is 2.47 bits per heavy atom. The third-order valence-electron chi connectivity index (χ3n) is 13.9. The predicted octanol–water partition coefficient (Wildman–Crippen LogP) is 8.35. The predicted molar refractivity (Wildman–Crippen MR) is 230 cm³/mol. The van der Waals surface area contributed by atoms with Crippen molar-refractivity contribution < 1.29 is 24.3 Å². The molecular formula is C47H51N7O5S. The topological polar surface area (TPSA) is 160 Å². The van der Waals surface area contributed by atoms with Crippen LogP contribution in [0.5, 0.6) is 5.75 Å². The number of hydrogen-bond acceptors (Lipinski definition) is 11. The maximum absolute atomic E-state index is 14.3. The molecule has 13 heteroatoms. The van der Waals surface area contributed by atoms with Crippen molar-refractivity contribution in [3.63, 3.8) is 0 Å². The van der Waals surface area contributed by atoms with Crippen molar-refractivity contribution in [3.8, 4) is 27.4 Å². The van der Waals surface area contributed by atoms with Gasteiger partial charge in [-0.3, -0.25) is 9.59 Å². The molecule has 0 bridgehead atoms. The highest BCUT2D eigenvalue weighted by molar-refractivity contribution is 7.13. The molecular weight excluding hydrogens is 775 g/mol. The van der Waals surface area contributed by atoms with Crippen LogP contribution in [0.1, 0.15) is 99.4 Å². The van der Waals surface area contributed by atoms with E-state index >= 15 is 0 Å². The number of fused-ring (bicyclic) bond motifs is 1. The number of para-hydroxylation sites is 1. The van der Waals surface area contributed by atoms with Gasteiger partial charge < -0.3 is 29.5 Å². The summed E-state index contributed by atoms with van der Waals surface area (Å²) in [5.41, 5.74) is 9.79. The van der Waals surface area contributed by atoms with Crippen LogP contribution >= 0.6 is 11.3 Å². The van der Waals surface area contributed by atoms with Gasteiger partial charge in [0.1, 0.15) is 22.8 Å². The van der Waals surface area contributed by atoms with Crippen molar-refractivity contribution in [2.75, 3.05) is 18.0 Å². The Balaban J connectivity index is 0.785. The Hall–Kier alpha value is -5.40. The average Bonchev–Trinajstić information content (AvgIpc) is 4.00. The minimum Gasteiger partial charge on any atom is -0.507 e. The van der Waals surface area contributed by atoms with Crippen LogP contribution in [0.15, 0.2) is 76.8 Å². The maximum Gasteiger partial charge on any atom is 0.224 e. The molecule has 1 aliphatic heterocycles. The van der Waals surface area contributed by atoms with Crippen molar-refractivity contribution in [1.29, 1.82) is 0 Å². The molecule has 1 saturated heterocycles. The highest BCUT2D eigenvalue weighted by atomic mass is 32.1. The Morgan fingerprint density at radius 1 is 1.00 bits per heavy atom. The summed E-state index contributed by atoms with van der Waals surface area (Å²) in [6, 6.07) is 22.1. The number of Topliss-reactive ketones (excluding diaryl/α,β-unsaturated/α-hetero) is 1. The standard InChI is InChI=1S/C47H51N7O5S/c1-26(2)43(44(57)34-15-32(55)16-35(34)46(58)48-22-28-11-13-29(14-12-28)45-27(3)49-25-60-45)41-19-42(52-59-41)53-23-47(24-53)20-30(21-47)38-18-37-39(54(38)31-7-6-8-31)17-36(50-51-37)33-9-4-5-10-40(33)56/h4-5,9-14,17-19,25-26,30-32,34-35,43,55-56H,6-8,15-16,20-24H2,1-3H3,(H,48,58)/t32-,34?,35+,43+/m0/s1. The lowest BCUT2D eigenvalue weighted by atomic mass is 9.57. The van der Waals surface area contributed by atoms with Gasteiger partial charge in [-0.25, -0.2) is 4.98 Å². The number of anilines is 1. The quantitative estimate of drug-likeness (QED) is 0.110. The fourth-order valence-corrected chi connectivity index (χ4v) is 11.3.